The summed E-state index contributed by atoms with van der Waals surface area (Å²) in [6, 6.07) is 0. The number of ether oxygens (including phenoxy) is 7. The van der Waals surface area contributed by atoms with Crippen LogP contribution in [-0.4, -0.2) is 89.5 Å². The van der Waals surface area contributed by atoms with E-state index in [4.69, 9.17) is 33.2 Å². The second-order valence-electron chi connectivity index (χ2n) is 12.8. The van der Waals surface area contributed by atoms with E-state index in [-0.39, 0.29) is 18.6 Å². The van der Waals surface area contributed by atoms with Crippen LogP contribution in [0, 0.1) is 0 Å². The average Bonchev–Trinajstić information content (AvgIpc) is 3.25. The van der Waals surface area contributed by atoms with Crippen LogP contribution in [0.1, 0.15) is 118 Å². The molecule has 0 radical (unpaired) electrons. The lowest BCUT2D eigenvalue weighted by molar-refractivity contribution is -0.359. The summed E-state index contributed by atoms with van der Waals surface area (Å²) < 4.78 is 44.0. The lowest BCUT2D eigenvalue weighted by Crippen LogP contribution is -2.63. The summed E-state index contributed by atoms with van der Waals surface area (Å²) in [7, 11) is 0. The van der Waals surface area contributed by atoms with Crippen LogP contribution < -0.4 is 0 Å². The number of unbranched alkanes of at least 4 members (excludes halogenated alkanes) is 2. The Bertz CT molecular complexity index is 808. The molecule has 1 unspecified atom stereocenters. The monoisotopic (exact) mass is 586 g/mol. The molecule has 2 N–H and O–H groups in total. The number of carbonyl (C=O) groups excluding carboxylic acids is 1. The quantitative estimate of drug-likeness (QED) is 0.360. The molecule has 4 aliphatic heterocycles. The van der Waals surface area contributed by atoms with Crippen molar-refractivity contribution in [3.63, 3.8) is 0 Å². The predicted molar refractivity (Wildman–Crippen MR) is 150 cm³/mol. The molecule has 0 amide bonds. The molecule has 0 saturated carbocycles. The molecule has 4 saturated heterocycles. The van der Waals surface area contributed by atoms with E-state index in [1.807, 2.05) is 20.8 Å². The molecule has 0 aliphatic carbocycles. The van der Waals surface area contributed by atoms with Gasteiger partial charge in [0.15, 0.2) is 24.5 Å². The molecule has 0 spiro atoms. The van der Waals surface area contributed by atoms with Crippen LogP contribution in [0.25, 0.3) is 0 Å². The number of rotatable bonds is 4. The van der Waals surface area contributed by atoms with E-state index in [0.29, 0.717) is 6.42 Å². The van der Waals surface area contributed by atoms with Gasteiger partial charge in [-0.25, -0.2) is 0 Å². The molecule has 0 aromatic heterocycles. The molecule has 11 atom stereocenters. The second-order valence-corrected chi connectivity index (χ2v) is 12.8. The van der Waals surface area contributed by atoms with Gasteiger partial charge in [-0.05, 0) is 47.0 Å². The highest BCUT2D eigenvalue weighted by Crippen LogP contribution is 2.41. The van der Waals surface area contributed by atoms with Gasteiger partial charge in [0, 0.05) is 6.42 Å². The van der Waals surface area contributed by atoms with Gasteiger partial charge in [0.05, 0.1) is 18.3 Å². The lowest BCUT2D eigenvalue weighted by atomic mass is 9.97. The standard InChI is InChI=1S/C31H54O10/c1-6-7-13-16-21-17-14-11-9-8-10-12-15-18-22(32)38-26-24(34)23(33)19(2)35-29(26)39-28-27-25(40-31(4,5)41-27)20(3)36-30(28)37-21/h19-21,23-30,33-34H,6-18H2,1-5H3/t19-,20+,21?,23-,24+,25-,26+,27-,28+,29-,30-/m0/s1. The molecule has 4 rings (SSSR count). The Hall–Kier alpha value is -0.850. The van der Waals surface area contributed by atoms with Gasteiger partial charge >= 0.3 is 5.97 Å². The summed E-state index contributed by atoms with van der Waals surface area (Å²) in [4.78, 5) is 12.8. The van der Waals surface area contributed by atoms with Crippen molar-refractivity contribution in [1.82, 2.24) is 0 Å². The van der Waals surface area contributed by atoms with Crippen molar-refractivity contribution in [2.75, 3.05) is 0 Å². The number of hydrogen-bond acceptors (Lipinski definition) is 10. The Labute approximate surface area is 245 Å². The maximum atomic E-state index is 12.8. The fraction of sp³-hybridized carbons (Fsp3) is 0.968. The largest absolute Gasteiger partial charge is 0.454 e. The summed E-state index contributed by atoms with van der Waals surface area (Å²) in [6.07, 6.45) is 4.05. The van der Waals surface area contributed by atoms with Gasteiger partial charge in [0.1, 0.15) is 30.5 Å². The molecule has 0 aromatic carbocycles. The minimum Gasteiger partial charge on any atom is -0.454 e. The third-order valence-corrected chi connectivity index (χ3v) is 8.77. The third-order valence-electron chi connectivity index (χ3n) is 8.77. The number of fused-ring (bicyclic) bond motifs is 4. The molecule has 10 nitrogen and oxygen atoms in total. The van der Waals surface area contributed by atoms with Crippen LogP contribution >= 0.6 is 0 Å². The zero-order valence-electron chi connectivity index (χ0n) is 25.7. The van der Waals surface area contributed by atoms with Gasteiger partial charge in [-0.3, -0.25) is 4.79 Å². The Morgan fingerprint density at radius 2 is 1.37 bits per heavy atom. The SMILES string of the molecule is CCCCCC1CCCCCCCCCC(=O)O[C@H]2[C@H](O[C@H]3[C@H](O1)O[C@H](C)[C@@H]1OC(C)(C)O[C@@H]13)O[C@@H](C)[C@H](O)[C@H]2O. The first-order chi connectivity index (χ1) is 19.6. The molecule has 4 heterocycles. The van der Waals surface area contributed by atoms with Gasteiger partial charge in [-0.2, -0.15) is 0 Å². The van der Waals surface area contributed by atoms with E-state index in [1.165, 1.54) is 0 Å². The van der Waals surface area contributed by atoms with Gasteiger partial charge in [-0.1, -0.05) is 64.7 Å². The van der Waals surface area contributed by atoms with Gasteiger partial charge < -0.3 is 43.4 Å². The zero-order valence-corrected chi connectivity index (χ0v) is 25.7. The Kier molecular flexibility index (Phi) is 12.3. The zero-order chi connectivity index (χ0) is 29.6. The number of aliphatic hydroxyl groups is 2. The van der Waals surface area contributed by atoms with E-state index < -0.39 is 67.1 Å². The topological polar surface area (TPSA) is 122 Å². The average molecular weight is 587 g/mol. The van der Waals surface area contributed by atoms with Gasteiger partial charge in [0.25, 0.3) is 0 Å². The smallest absolute Gasteiger partial charge is 0.306 e. The van der Waals surface area contributed by atoms with Crippen LogP contribution in [0.2, 0.25) is 0 Å². The van der Waals surface area contributed by atoms with Crippen molar-refractivity contribution in [1.29, 1.82) is 0 Å². The van der Waals surface area contributed by atoms with Crippen LogP contribution in [0.5, 0.6) is 0 Å². The number of aliphatic hydroxyl groups excluding tert-OH is 2. The van der Waals surface area contributed by atoms with Crippen molar-refractivity contribution < 1.29 is 48.2 Å². The molecule has 238 valence electrons. The molecule has 4 fully saturated rings. The molecular formula is C31H54O10. The fourth-order valence-corrected chi connectivity index (χ4v) is 6.43. The minimum absolute atomic E-state index is 0.0112. The Balaban J connectivity index is 1.62. The van der Waals surface area contributed by atoms with Gasteiger partial charge in [0.2, 0.25) is 0 Å². The predicted octanol–water partition coefficient (Wildman–Crippen LogP) is 4.50. The number of carbonyl (C=O) groups is 1. The van der Waals surface area contributed by atoms with Crippen molar-refractivity contribution in [3.05, 3.63) is 0 Å². The van der Waals surface area contributed by atoms with Crippen LogP contribution in [0.4, 0.5) is 0 Å². The van der Waals surface area contributed by atoms with E-state index in [0.717, 1.165) is 70.6 Å². The molecule has 10 heteroatoms. The van der Waals surface area contributed by atoms with E-state index in [1.54, 1.807) is 6.92 Å². The number of hydrogen-bond donors (Lipinski definition) is 2. The van der Waals surface area contributed by atoms with E-state index >= 15 is 0 Å². The molecule has 41 heavy (non-hydrogen) atoms. The van der Waals surface area contributed by atoms with Crippen molar-refractivity contribution in [2.24, 2.45) is 0 Å². The highest BCUT2D eigenvalue weighted by molar-refractivity contribution is 5.69. The maximum absolute atomic E-state index is 12.8. The van der Waals surface area contributed by atoms with Crippen molar-refractivity contribution in [3.8, 4) is 0 Å². The molecule has 4 aliphatic rings. The van der Waals surface area contributed by atoms with Crippen molar-refractivity contribution in [2.45, 2.75) is 191 Å². The summed E-state index contributed by atoms with van der Waals surface area (Å²) in [5, 5.41) is 21.6. The lowest BCUT2D eigenvalue weighted by Gasteiger charge is -2.46. The minimum atomic E-state index is -1.38. The Morgan fingerprint density at radius 1 is 0.732 bits per heavy atom. The summed E-state index contributed by atoms with van der Waals surface area (Å²) >= 11 is 0. The summed E-state index contributed by atoms with van der Waals surface area (Å²) in [5.41, 5.74) is 0. The normalized spacial score (nSPS) is 43.1. The van der Waals surface area contributed by atoms with Crippen molar-refractivity contribution >= 4 is 5.97 Å². The first-order valence-corrected chi connectivity index (χ1v) is 16.1. The molecule has 0 bridgehead atoms. The van der Waals surface area contributed by atoms with Gasteiger partial charge in [-0.15, -0.1) is 0 Å². The third kappa shape index (κ3) is 8.85. The summed E-state index contributed by atoms with van der Waals surface area (Å²) in [5.74, 6) is -1.31. The first kappa shape index (κ1) is 33.1. The fourth-order valence-electron chi connectivity index (χ4n) is 6.43. The second kappa shape index (κ2) is 15.2. The van der Waals surface area contributed by atoms with Crippen LogP contribution in [0.3, 0.4) is 0 Å². The highest BCUT2D eigenvalue weighted by atomic mass is 16.8. The first-order valence-electron chi connectivity index (χ1n) is 16.1. The van der Waals surface area contributed by atoms with E-state index in [2.05, 4.69) is 6.92 Å². The van der Waals surface area contributed by atoms with E-state index in [9.17, 15) is 15.0 Å². The molecule has 0 aromatic rings. The number of esters is 1. The van der Waals surface area contributed by atoms with Crippen LogP contribution in [0.15, 0.2) is 0 Å². The molecular weight excluding hydrogens is 532 g/mol. The van der Waals surface area contributed by atoms with Crippen LogP contribution in [-0.2, 0) is 38.0 Å². The maximum Gasteiger partial charge on any atom is 0.306 e. The highest BCUT2D eigenvalue weighted by Gasteiger charge is 2.57. The summed E-state index contributed by atoms with van der Waals surface area (Å²) in [6.45, 7) is 9.50. The Morgan fingerprint density at radius 3 is 2.10 bits per heavy atom.